The third kappa shape index (κ3) is 4.30. The van der Waals surface area contributed by atoms with Crippen LogP contribution in [0, 0.1) is 0 Å². The van der Waals surface area contributed by atoms with Gasteiger partial charge >= 0.3 is 6.18 Å². The van der Waals surface area contributed by atoms with Crippen LogP contribution in [0.15, 0.2) is 24.3 Å². The molecule has 3 rings (SSSR count). The summed E-state index contributed by atoms with van der Waals surface area (Å²) in [5.74, 6) is 0.458. The molecule has 1 aromatic carbocycles. The first-order valence-electron chi connectivity index (χ1n) is 8.38. The molecule has 1 aliphatic rings. The van der Waals surface area contributed by atoms with Crippen molar-refractivity contribution in [1.29, 1.82) is 0 Å². The van der Waals surface area contributed by atoms with Crippen LogP contribution in [0.2, 0.25) is 0 Å². The van der Waals surface area contributed by atoms with Crippen LogP contribution < -0.4 is 0 Å². The molecule has 1 aromatic heterocycles. The Kier molecular flexibility index (Phi) is 5.56. The topological polar surface area (TPSA) is 55.2 Å². The van der Waals surface area contributed by atoms with E-state index in [4.69, 9.17) is 11.6 Å². The molecule has 27 heavy (non-hydrogen) atoms. The lowest BCUT2D eigenvalue weighted by Gasteiger charge is -2.25. The maximum Gasteiger partial charge on any atom is 0.416 e. The summed E-state index contributed by atoms with van der Waals surface area (Å²) in [6.45, 7) is 1.08. The molecule has 0 saturated carbocycles. The zero-order valence-corrected chi connectivity index (χ0v) is 16.2. The van der Waals surface area contributed by atoms with E-state index in [1.165, 1.54) is 16.4 Å². The Morgan fingerprint density at radius 3 is 2.44 bits per heavy atom. The molecule has 148 valence electrons. The van der Waals surface area contributed by atoms with Crippen molar-refractivity contribution in [2.24, 2.45) is 0 Å². The van der Waals surface area contributed by atoms with Gasteiger partial charge in [-0.15, -0.1) is 11.6 Å². The van der Waals surface area contributed by atoms with E-state index in [1.807, 2.05) is 0 Å². The van der Waals surface area contributed by atoms with E-state index >= 15 is 0 Å². The third-order valence-electron chi connectivity index (χ3n) is 4.56. The number of aromatic nitrogens is 2. The molecular formula is C17H19ClF3N3O2S. The predicted octanol–water partition coefficient (Wildman–Crippen LogP) is 3.52. The van der Waals surface area contributed by atoms with Crippen LogP contribution >= 0.6 is 11.6 Å². The molecular weight excluding hydrogens is 403 g/mol. The Bertz CT molecular complexity index is 924. The van der Waals surface area contributed by atoms with Gasteiger partial charge in [0.15, 0.2) is 0 Å². The molecule has 10 heteroatoms. The van der Waals surface area contributed by atoms with E-state index in [2.05, 4.69) is 5.10 Å². The Hall–Kier alpha value is -1.58. The quantitative estimate of drug-likeness (QED) is 0.694. The van der Waals surface area contributed by atoms with Crippen molar-refractivity contribution >= 4 is 21.6 Å². The molecule has 0 amide bonds. The van der Waals surface area contributed by atoms with Crippen LogP contribution in [-0.2, 0) is 35.7 Å². The molecule has 0 N–H and O–H groups in total. The van der Waals surface area contributed by atoms with Gasteiger partial charge in [0.2, 0.25) is 10.0 Å². The third-order valence-corrected chi connectivity index (χ3v) is 6.07. The summed E-state index contributed by atoms with van der Waals surface area (Å²) >= 11 is 5.77. The van der Waals surface area contributed by atoms with E-state index in [0.717, 1.165) is 29.6 Å². The highest BCUT2D eigenvalue weighted by atomic mass is 35.5. The van der Waals surface area contributed by atoms with Crippen molar-refractivity contribution in [3.05, 3.63) is 41.1 Å². The summed E-state index contributed by atoms with van der Waals surface area (Å²) in [7, 11) is -3.37. The van der Waals surface area contributed by atoms with Crippen molar-refractivity contribution in [2.45, 2.75) is 32.1 Å². The number of aryl methyl sites for hydroxylation is 1. The van der Waals surface area contributed by atoms with Gasteiger partial charge in [-0.1, -0.05) is 12.1 Å². The number of fused-ring (bicyclic) bond motifs is 1. The predicted molar refractivity (Wildman–Crippen MR) is 97.0 cm³/mol. The molecule has 5 nitrogen and oxygen atoms in total. The van der Waals surface area contributed by atoms with Crippen molar-refractivity contribution in [3.63, 3.8) is 0 Å². The molecule has 2 aromatic rings. The molecule has 0 unspecified atom stereocenters. The summed E-state index contributed by atoms with van der Waals surface area (Å²) < 4.78 is 65.5. The maximum atomic E-state index is 12.8. The largest absolute Gasteiger partial charge is 0.416 e. The molecule has 2 heterocycles. The zero-order valence-electron chi connectivity index (χ0n) is 14.6. The number of rotatable bonds is 5. The number of alkyl halides is 4. The number of benzene rings is 1. The van der Waals surface area contributed by atoms with E-state index < -0.39 is 21.8 Å². The highest BCUT2D eigenvalue weighted by Gasteiger charge is 2.32. The summed E-state index contributed by atoms with van der Waals surface area (Å²) in [6.07, 6.45) is -2.07. The standard InChI is InChI=1S/C17H19ClF3N3O2S/c1-27(25,26)23-10-7-15-14(11-23)16(22-24(15)9-2-8-18)12-3-5-13(6-4-12)17(19,20)21/h3-6H,2,7-11H2,1H3. The van der Waals surface area contributed by atoms with Crippen molar-refractivity contribution in [2.75, 3.05) is 18.7 Å². The van der Waals surface area contributed by atoms with Crippen LogP contribution in [-0.4, -0.2) is 41.2 Å². The summed E-state index contributed by atoms with van der Waals surface area (Å²) in [4.78, 5) is 0. The second kappa shape index (κ2) is 7.44. The second-order valence-corrected chi connectivity index (χ2v) is 8.82. The monoisotopic (exact) mass is 421 g/mol. The number of hydrogen-bond acceptors (Lipinski definition) is 3. The van der Waals surface area contributed by atoms with Gasteiger partial charge in [0.05, 0.1) is 17.5 Å². The highest BCUT2D eigenvalue weighted by molar-refractivity contribution is 7.88. The van der Waals surface area contributed by atoms with Crippen molar-refractivity contribution in [1.82, 2.24) is 14.1 Å². The van der Waals surface area contributed by atoms with E-state index in [9.17, 15) is 21.6 Å². The lowest BCUT2D eigenvalue weighted by molar-refractivity contribution is -0.137. The van der Waals surface area contributed by atoms with Crippen molar-refractivity contribution < 1.29 is 21.6 Å². The van der Waals surface area contributed by atoms with Gasteiger partial charge in [0.25, 0.3) is 0 Å². The average molecular weight is 422 g/mol. The van der Waals surface area contributed by atoms with E-state index in [-0.39, 0.29) is 6.54 Å². The van der Waals surface area contributed by atoms with Crippen LogP contribution in [0.25, 0.3) is 11.3 Å². The first-order chi connectivity index (χ1) is 12.6. The smallest absolute Gasteiger partial charge is 0.269 e. The lowest BCUT2D eigenvalue weighted by atomic mass is 10.0. The Morgan fingerprint density at radius 2 is 1.89 bits per heavy atom. The fourth-order valence-electron chi connectivity index (χ4n) is 3.19. The number of hydrogen-bond donors (Lipinski definition) is 0. The molecule has 0 saturated heterocycles. The van der Waals surface area contributed by atoms with Crippen LogP contribution in [0.5, 0.6) is 0 Å². The number of nitrogens with zero attached hydrogens (tertiary/aromatic N) is 3. The zero-order chi connectivity index (χ0) is 19.8. The number of sulfonamides is 1. The minimum absolute atomic E-state index is 0.158. The fourth-order valence-corrected chi connectivity index (χ4v) is 4.10. The summed E-state index contributed by atoms with van der Waals surface area (Å²) in [6, 6.07) is 4.76. The Labute approximate surface area is 160 Å². The second-order valence-electron chi connectivity index (χ2n) is 6.46. The first kappa shape index (κ1) is 20.2. The van der Waals surface area contributed by atoms with E-state index in [0.29, 0.717) is 43.1 Å². The molecule has 0 bridgehead atoms. The van der Waals surface area contributed by atoms with Gasteiger partial charge in [0.1, 0.15) is 0 Å². The molecule has 1 aliphatic heterocycles. The van der Waals surface area contributed by atoms with Crippen LogP contribution in [0.4, 0.5) is 13.2 Å². The number of halogens is 4. The average Bonchev–Trinajstić information content (AvgIpc) is 2.96. The van der Waals surface area contributed by atoms with Gasteiger partial charge in [-0.3, -0.25) is 4.68 Å². The van der Waals surface area contributed by atoms with Gasteiger partial charge in [0, 0.05) is 48.8 Å². The Morgan fingerprint density at radius 1 is 1.22 bits per heavy atom. The van der Waals surface area contributed by atoms with Gasteiger partial charge in [-0.05, 0) is 18.6 Å². The summed E-state index contributed by atoms with van der Waals surface area (Å²) in [5.41, 5.74) is 1.95. The Balaban J connectivity index is 2.03. The van der Waals surface area contributed by atoms with Gasteiger partial charge in [-0.25, -0.2) is 8.42 Å². The minimum atomic E-state index is -4.41. The molecule has 0 radical (unpaired) electrons. The SMILES string of the molecule is CS(=O)(=O)N1CCc2c(c(-c3ccc(C(F)(F)F)cc3)nn2CCCCl)C1. The highest BCUT2D eigenvalue weighted by Crippen LogP contribution is 2.34. The van der Waals surface area contributed by atoms with E-state index in [1.54, 1.807) is 4.68 Å². The lowest BCUT2D eigenvalue weighted by Crippen LogP contribution is -2.35. The van der Waals surface area contributed by atoms with Gasteiger partial charge in [-0.2, -0.15) is 22.6 Å². The summed E-state index contributed by atoms with van der Waals surface area (Å²) in [5, 5.41) is 4.56. The van der Waals surface area contributed by atoms with Gasteiger partial charge < -0.3 is 0 Å². The first-order valence-corrected chi connectivity index (χ1v) is 10.8. The molecule has 0 aliphatic carbocycles. The molecule has 0 atom stereocenters. The molecule has 0 spiro atoms. The maximum absolute atomic E-state index is 12.8. The van der Waals surface area contributed by atoms with Crippen LogP contribution in [0.3, 0.4) is 0 Å². The van der Waals surface area contributed by atoms with Crippen molar-refractivity contribution in [3.8, 4) is 11.3 Å². The minimum Gasteiger partial charge on any atom is -0.269 e. The fraction of sp³-hybridized carbons (Fsp3) is 0.471. The normalized spacial score (nSPS) is 15.7. The van der Waals surface area contributed by atoms with Crippen LogP contribution in [0.1, 0.15) is 23.2 Å². The molecule has 0 fully saturated rings.